The molecule has 0 aromatic heterocycles. The van der Waals surface area contributed by atoms with E-state index in [1.54, 1.807) is 0 Å². The monoisotopic (exact) mass is 220 g/mol. The quantitative estimate of drug-likeness (QED) is 0.479. The molecule has 14 heavy (non-hydrogen) atoms. The van der Waals surface area contributed by atoms with Gasteiger partial charge in [-0.25, -0.2) is 0 Å². The number of carbonyl (C=O) groups is 2. The van der Waals surface area contributed by atoms with E-state index in [1.165, 1.54) is 35.2 Å². The molecular weight excluding hydrogens is 204 g/mol. The Labute approximate surface area is 84.7 Å². The first-order valence-electron chi connectivity index (χ1n) is 4.11. The third-order valence-electron chi connectivity index (χ3n) is 2.02. The van der Waals surface area contributed by atoms with Crippen LogP contribution in [0.3, 0.4) is 0 Å². The van der Waals surface area contributed by atoms with Crippen LogP contribution in [-0.4, -0.2) is 41.7 Å². The first-order chi connectivity index (χ1) is 6.45. The molecule has 0 amide bonds. The van der Waals surface area contributed by atoms with Crippen molar-refractivity contribution in [3.63, 3.8) is 0 Å². The van der Waals surface area contributed by atoms with E-state index in [0.717, 1.165) is 0 Å². The second-order valence-electron chi connectivity index (χ2n) is 2.87. The van der Waals surface area contributed by atoms with Crippen LogP contribution in [-0.2, 0) is 22.9 Å². The number of rotatable bonds is 6. The van der Waals surface area contributed by atoms with Crippen LogP contribution >= 0.6 is 0 Å². The van der Waals surface area contributed by atoms with Crippen molar-refractivity contribution >= 4 is 20.4 Å². The molecule has 0 aliphatic carbocycles. The Kier molecular flexibility index (Phi) is 5.14. The summed E-state index contributed by atoms with van der Waals surface area (Å²) in [7, 11) is 0.947. The molecule has 0 fully saturated rings. The van der Waals surface area contributed by atoms with Crippen molar-refractivity contribution < 1.29 is 22.9 Å². The fourth-order valence-electron chi connectivity index (χ4n) is 1.39. The molecule has 0 aromatic rings. The van der Waals surface area contributed by atoms with Gasteiger partial charge in [0, 0.05) is 21.3 Å². The van der Waals surface area contributed by atoms with Crippen molar-refractivity contribution in [2.24, 2.45) is 0 Å². The minimum atomic E-state index is -3.17. The molecule has 0 saturated carbocycles. The first kappa shape index (κ1) is 13.4. The van der Waals surface area contributed by atoms with Gasteiger partial charge < -0.3 is 13.3 Å². The fraction of sp³-hybridized carbons (Fsp3) is 0.750. The van der Waals surface area contributed by atoms with Gasteiger partial charge >= 0.3 is 8.80 Å². The minimum Gasteiger partial charge on any atom is -0.376 e. The van der Waals surface area contributed by atoms with Crippen LogP contribution in [0.2, 0.25) is 5.54 Å². The molecule has 0 bridgehead atoms. The molecule has 0 aliphatic heterocycles. The predicted octanol–water partition coefficient (Wildman–Crippen LogP) is 0.413. The van der Waals surface area contributed by atoms with Crippen LogP contribution in [0.5, 0.6) is 0 Å². The van der Waals surface area contributed by atoms with E-state index in [0.29, 0.717) is 0 Å². The highest BCUT2D eigenvalue weighted by Crippen LogP contribution is 2.25. The van der Waals surface area contributed by atoms with Gasteiger partial charge in [0.05, 0.1) is 0 Å². The van der Waals surface area contributed by atoms with Gasteiger partial charge in [0.15, 0.2) is 0 Å². The molecule has 0 saturated heterocycles. The van der Waals surface area contributed by atoms with E-state index in [9.17, 15) is 9.59 Å². The third kappa shape index (κ3) is 2.47. The van der Waals surface area contributed by atoms with Gasteiger partial charge in [-0.3, -0.25) is 9.59 Å². The standard InChI is InChI=1S/C8H16O5Si/c1-6(9)8(7(2)10)14(11-3,12-4)13-5/h8H,1-5H3. The topological polar surface area (TPSA) is 61.8 Å². The van der Waals surface area contributed by atoms with Crippen LogP contribution in [0, 0.1) is 0 Å². The fourth-order valence-corrected chi connectivity index (χ4v) is 3.59. The SMILES string of the molecule is CO[Si](OC)(OC)C(C(C)=O)C(C)=O. The van der Waals surface area contributed by atoms with E-state index in [4.69, 9.17) is 13.3 Å². The molecule has 82 valence electrons. The summed E-state index contributed by atoms with van der Waals surface area (Å²) in [6, 6.07) is 0. The second-order valence-corrected chi connectivity index (χ2v) is 5.88. The Morgan fingerprint density at radius 1 is 0.929 bits per heavy atom. The lowest BCUT2D eigenvalue weighted by Gasteiger charge is -2.29. The van der Waals surface area contributed by atoms with Crippen molar-refractivity contribution in [1.29, 1.82) is 0 Å². The maximum absolute atomic E-state index is 11.3. The van der Waals surface area contributed by atoms with Gasteiger partial charge in [-0.2, -0.15) is 0 Å². The zero-order chi connectivity index (χ0) is 11.4. The summed E-state index contributed by atoms with van der Waals surface area (Å²) in [6.45, 7) is 2.65. The number of hydrogen-bond acceptors (Lipinski definition) is 5. The van der Waals surface area contributed by atoms with Crippen LogP contribution in [0.25, 0.3) is 0 Å². The van der Waals surface area contributed by atoms with E-state index in [2.05, 4.69) is 0 Å². The molecule has 0 N–H and O–H groups in total. The van der Waals surface area contributed by atoms with Crippen molar-refractivity contribution in [2.75, 3.05) is 21.3 Å². The van der Waals surface area contributed by atoms with Gasteiger partial charge in [0.25, 0.3) is 0 Å². The Balaban J connectivity index is 5.10. The molecule has 0 rings (SSSR count). The van der Waals surface area contributed by atoms with Crippen molar-refractivity contribution in [2.45, 2.75) is 19.4 Å². The summed E-state index contributed by atoms with van der Waals surface area (Å²) in [5.74, 6) is -0.593. The number of ketones is 2. The molecule has 0 heterocycles. The number of hydrogen-bond donors (Lipinski definition) is 0. The highest BCUT2D eigenvalue weighted by Gasteiger charge is 2.52. The average Bonchev–Trinajstić information content (AvgIpc) is 2.12. The highest BCUT2D eigenvalue weighted by molar-refractivity contribution is 6.71. The molecule has 5 nitrogen and oxygen atoms in total. The highest BCUT2D eigenvalue weighted by atomic mass is 28.4. The Hall–Kier alpha value is -0.563. The molecule has 0 radical (unpaired) electrons. The van der Waals surface area contributed by atoms with Crippen LogP contribution < -0.4 is 0 Å². The maximum Gasteiger partial charge on any atom is 0.518 e. The average molecular weight is 220 g/mol. The molecule has 6 heteroatoms. The smallest absolute Gasteiger partial charge is 0.376 e. The maximum atomic E-state index is 11.3. The van der Waals surface area contributed by atoms with Crippen LogP contribution in [0.15, 0.2) is 0 Å². The second kappa shape index (κ2) is 5.35. The van der Waals surface area contributed by atoms with Crippen LogP contribution in [0.4, 0.5) is 0 Å². The Morgan fingerprint density at radius 3 is 1.29 bits per heavy atom. The normalized spacial score (nSPS) is 11.9. The van der Waals surface area contributed by atoms with Gasteiger partial charge in [-0.1, -0.05) is 0 Å². The molecule has 0 atom stereocenters. The van der Waals surface area contributed by atoms with Crippen molar-refractivity contribution in [3.05, 3.63) is 0 Å². The predicted molar refractivity (Wildman–Crippen MR) is 51.9 cm³/mol. The van der Waals surface area contributed by atoms with Crippen molar-refractivity contribution in [3.8, 4) is 0 Å². The lowest BCUT2D eigenvalue weighted by atomic mass is 10.2. The molecule has 0 unspecified atom stereocenters. The van der Waals surface area contributed by atoms with E-state index in [1.807, 2.05) is 0 Å². The summed E-state index contributed by atoms with van der Waals surface area (Å²) in [6.07, 6.45) is 0. The Bertz CT molecular complexity index is 202. The van der Waals surface area contributed by atoms with Crippen molar-refractivity contribution in [1.82, 2.24) is 0 Å². The number of Topliss-reactive ketones (excluding diaryl/α,β-unsaturated/α-hetero) is 2. The molecular formula is C8H16O5Si. The summed E-state index contributed by atoms with van der Waals surface area (Å²) in [5, 5.41) is 0. The lowest BCUT2D eigenvalue weighted by molar-refractivity contribution is -0.126. The molecule has 0 aromatic carbocycles. The molecule has 0 spiro atoms. The zero-order valence-electron chi connectivity index (χ0n) is 9.12. The van der Waals surface area contributed by atoms with Gasteiger partial charge in [0.1, 0.15) is 17.1 Å². The number of carbonyl (C=O) groups excluding carboxylic acids is 2. The van der Waals surface area contributed by atoms with Crippen LogP contribution in [0.1, 0.15) is 13.8 Å². The summed E-state index contributed by atoms with van der Waals surface area (Å²) in [4.78, 5) is 22.6. The van der Waals surface area contributed by atoms with Gasteiger partial charge in [0.2, 0.25) is 0 Å². The third-order valence-corrected chi connectivity index (χ3v) is 5.25. The lowest BCUT2D eigenvalue weighted by Crippen LogP contribution is -2.52. The summed E-state index contributed by atoms with van der Waals surface area (Å²) < 4.78 is 15.2. The van der Waals surface area contributed by atoms with E-state index >= 15 is 0 Å². The van der Waals surface area contributed by atoms with Gasteiger partial charge in [-0.15, -0.1) is 0 Å². The first-order valence-corrected chi connectivity index (χ1v) is 5.91. The van der Waals surface area contributed by atoms with Gasteiger partial charge in [-0.05, 0) is 13.8 Å². The minimum absolute atomic E-state index is 0.297. The largest absolute Gasteiger partial charge is 0.518 e. The van der Waals surface area contributed by atoms with E-state index < -0.39 is 14.3 Å². The zero-order valence-corrected chi connectivity index (χ0v) is 10.1. The Morgan fingerprint density at radius 2 is 1.21 bits per heavy atom. The molecule has 0 aliphatic rings. The van der Waals surface area contributed by atoms with E-state index in [-0.39, 0.29) is 11.6 Å². The summed E-state index contributed by atoms with van der Waals surface area (Å²) in [5.41, 5.74) is -0.928. The summed E-state index contributed by atoms with van der Waals surface area (Å²) >= 11 is 0.